The molecule has 4 nitrogen and oxygen atoms in total. The minimum absolute atomic E-state index is 0. The standard InChI is InChI=1S/C17H26N2O2.ClH/c1-17(2,3)13-6-8-15(9-7-13)21-12-16(20)19-11-14-5-4-10-18-14;/h6-9,14,18H,4-5,10-12H2,1-3H3,(H,19,20);1H. The third-order valence-corrected chi connectivity index (χ3v) is 3.80. The number of halogens is 1. The second kappa shape index (κ2) is 8.39. The molecule has 0 aliphatic carbocycles. The highest BCUT2D eigenvalue weighted by Crippen LogP contribution is 2.24. The topological polar surface area (TPSA) is 50.4 Å². The predicted molar refractivity (Wildman–Crippen MR) is 91.9 cm³/mol. The van der Waals surface area contributed by atoms with Crippen molar-refractivity contribution in [1.82, 2.24) is 10.6 Å². The molecular formula is C17H27ClN2O2. The van der Waals surface area contributed by atoms with E-state index in [1.54, 1.807) is 0 Å². The average molecular weight is 327 g/mol. The van der Waals surface area contributed by atoms with E-state index in [1.807, 2.05) is 12.1 Å². The summed E-state index contributed by atoms with van der Waals surface area (Å²) in [5, 5.41) is 6.25. The third-order valence-electron chi connectivity index (χ3n) is 3.80. The molecule has 0 bridgehead atoms. The molecule has 22 heavy (non-hydrogen) atoms. The zero-order chi connectivity index (χ0) is 15.3. The van der Waals surface area contributed by atoms with E-state index in [4.69, 9.17) is 4.74 Å². The molecule has 124 valence electrons. The molecule has 1 amide bonds. The van der Waals surface area contributed by atoms with Crippen LogP contribution in [0.2, 0.25) is 0 Å². The molecule has 1 atom stereocenters. The second-order valence-electron chi connectivity index (χ2n) is 6.66. The summed E-state index contributed by atoms with van der Waals surface area (Å²) in [6.07, 6.45) is 2.33. The van der Waals surface area contributed by atoms with Crippen molar-refractivity contribution in [2.45, 2.75) is 45.1 Å². The normalized spacial score (nSPS) is 17.7. The number of amides is 1. The van der Waals surface area contributed by atoms with Gasteiger partial charge in [-0.15, -0.1) is 12.4 Å². The Morgan fingerprint density at radius 3 is 2.55 bits per heavy atom. The van der Waals surface area contributed by atoms with Crippen LogP contribution in [0.4, 0.5) is 0 Å². The molecule has 1 unspecified atom stereocenters. The van der Waals surface area contributed by atoms with E-state index in [2.05, 4.69) is 43.5 Å². The van der Waals surface area contributed by atoms with Gasteiger partial charge in [-0.1, -0.05) is 32.9 Å². The molecule has 2 N–H and O–H groups in total. The molecule has 0 spiro atoms. The van der Waals surface area contributed by atoms with Gasteiger partial charge >= 0.3 is 0 Å². The number of carbonyl (C=O) groups is 1. The molecule has 0 saturated carbocycles. The van der Waals surface area contributed by atoms with Crippen molar-refractivity contribution < 1.29 is 9.53 Å². The second-order valence-corrected chi connectivity index (χ2v) is 6.66. The smallest absolute Gasteiger partial charge is 0.257 e. The van der Waals surface area contributed by atoms with Gasteiger partial charge in [0.05, 0.1) is 0 Å². The van der Waals surface area contributed by atoms with Crippen LogP contribution in [0.5, 0.6) is 5.75 Å². The Labute approximate surface area is 139 Å². The van der Waals surface area contributed by atoms with Crippen molar-refractivity contribution in [2.24, 2.45) is 0 Å². The monoisotopic (exact) mass is 326 g/mol. The first-order valence-electron chi connectivity index (χ1n) is 7.68. The van der Waals surface area contributed by atoms with Gasteiger partial charge in [-0.2, -0.15) is 0 Å². The lowest BCUT2D eigenvalue weighted by molar-refractivity contribution is -0.123. The number of carbonyl (C=O) groups excluding carboxylic acids is 1. The van der Waals surface area contributed by atoms with Crippen LogP contribution in [0.1, 0.15) is 39.2 Å². The first-order valence-corrected chi connectivity index (χ1v) is 7.68. The van der Waals surface area contributed by atoms with Crippen LogP contribution in [0.15, 0.2) is 24.3 Å². The molecule has 1 aliphatic heterocycles. The van der Waals surface area contributed by atoms with Crippen molar-refractivity contribution in [2.75, 3.05) is 19.7 Å². The van der Waals surface area contributed by atoms with Crippen LogP contribution in [-0.2, 0) is 10.2 Å². The first-order chi connectivity index (χ1) is 9.95. The molecule has 5 heteroatoms. The summed E-state index contributed by atoms with van der Waals surface area (Å²) in [5.41, 5.74) is 1.39. The quantitative estimate of drug-likeness (QED) is 0.874. The van der Waals surface area contributed by atoms with Crippen molar-refractivity contribution >= 4 is 18.3 Å². The number of benzene rings is 1. The number of hydrogen-bond acceptors (Lipinski definition) is 3. The van der Waals surface area contributed by atoms with Gasteiger partial charge in [0.2, 0.25) is 0 Å². The molecule has 0 radical (unpaired) electrons. The molecule has 0 aromatic heterocycles. The predicted octanol–water partition coefficient (Wildman–Crippen LogP) is 2.65. The van der Waals surface area contributed by atoms with Gasteiger partial charge in [-0.05, 0) is 42.5 Å². The molecule has 1 heterocycles. The van der Waals surface area contributed by atoms with Gasteiger partial charge in [0.25, 0.3) is 5.91 Å². The van der Waals surface area contributed by atoms with E-state index in [1.165, 1.54) is 12.0 Å². The number of rotatable bonds is 5. The zero-order valence-electron chi connectivity index (χ0n) is 13.6. The fourth-order valence-corrected chi connectivity index (χ4v) is 2.42. The van der Waals surface area contributed by atoms with Crippen LogP contribution in [0.3, 0.4) is 0 Å². The summed E-state index contributed by atoms with van der Waals surface area (Å²) in [5.74, 6) is 0.667. The van der Waals surface area contributed by atoms with Gasteiger partial charge < -0.3 is 15.4 Å². The molecule has 1 aliphatic rings. The summed E-state index contributed by atoms with van der Waals surface area (Å²) in [7, 11) is 0. The molecular weight excluding hydrogens is 300 g/mol. The lowest BCUT2D eigenvalue weighted by atomic mass is 9.87. The summed E-state index contributed by atoms with van der Waals surface area (Å²) < 4.78 is 5.52. The molecule has 1 saturated heterocycles. The highest BCUT2D eigenvalue weighted by molar-refractivity contribution is 5.85. The Kier molecular flexibility index (Phi) is 7.17. The Balaban J connectivity index is 0.00000242. The Morgan fingerprint density at radius 1 is 1.32 bits per heavy atom. The zero-order valence-corrected chi connectivity index (χ0v) is 14.5. The Morgan fingerprint density at radius 2 is 2.00 bits per heavy atom. The van der Waals surface area contributed by atoms with Crippen molar-refractivity contribution in [1.29, 1.82) is 0 Å². The minimum atomic E-state index is -0.0661. The third kappa shape index (κ3) is 5.85. The van der Waals surface area contributed by atoms with Crippen molar-refractivity contribution in [3.05, 3.63) is 29.8 Å². The molecule has 1 fully saturated rings. The maximum atomic E-state index is 11.7. The lowest BCUT2D eigenvalue weighted by Gasteiger charge is -2.19. The van der Waals surface area contributed by atoms with Crippen LogP contribution < -0.4 is 15.4 Å². The van der Waals surface area contributed by atoms with Gasteiger partial charge in [0.1, 0.15) is 5.75 Å². The van der Waals surface area contributed by atoms with Crippen LogP contribution in [0.25, 0.3) is 0 Å². The Bertz CT molecular complexity index is 463. The minimum Gasteiger partial charge on any atom is -0.484 e. The SMILES string of the molecule is CC(C)(C)c1ccc(OCC(=O)NCC2CCCN2)cc1.Cl. The fraction of sp³-hybridized carbons (Fsp3) is 0.588. The van der Waals surface area contributed by atoms with Crippen molar-refractivity contribution in [3.8, 4) is 5.75 Å². The highest BCUT2D eigenvalue weighted by Gasteiger charge is 2.15. The molecule has 2 rings (SSSR count). The van der Waals surface area contributed by atoms with E-state index >= 15 is 0 Å². The van der Waals surface area contributed by atoms with Crippen LogP contribution in [0, 0.1) is 0 Å². The summed E-state index contributed by atoms with van der Waals surface area (Å²) in [6.45, 7) is 8.33. The summed E-state index contributed by atoms with van der Waals surface area (Å²) in [4.78, 5) is 11.7. The van der Waals surface area contributed by atoms with E-state index in [9.17, 15) is 4.79 Å². The van der Waals surface area contributed by atoms with E-state index in [0.29, 0.717) is 12.6 Å². The lowest BCUT2D eigenvalue weighted by Crippen LogP contribution is -2.39. The van der Waals surface area contributed by atoms with Crippen LogP contribution >= 0.6 is 12.4 Å². The van der Waals surface area contributed by atoms with Gasteiger partial charge in [0.15, 0.2) is 6.61 Å². The number of ether oxygens (including phenoxy) is 1. The van der Waals surface area contributed by atoms with Gasteiger partial charge in [-0.25, -0.2) is 0 Å². The first kappa shape index (κ1) is 18.8. The molecule has 1 aromatic rings. The fourth-order valence-electron chi connectivity index (χ4n) is 2.42. The summed E-state index contributed by atoms with van der Waals surface area (Å²) in [6, 6.07) is 8.37. The Hall–Kier alpha value is -1.26. The maximum Gasteiger partial charge on any atom is 0.257 e. The largest absolute Gasteiger partial charge is 0.484 e. The average Bonchev–Trinajstić information content (AvgIpc) is 2.95. The van der Waals surface area contributed by atoms with Gasteiger partial charge in [0, 0.05) is 12.6 Å². The van der Waals surface area contributed by atoms with E-state index in [0.717, 1.165) is 18.7 Å². The number of hydrogen-bond donors (Lipinski definition) is 2. The van der Waals surface area contributed by atoms with Gasteiger partial charge in [-0.3, -0.25) is 4.79 Å². The van der Waals surface area contributed by atoms with Crippen molar-refractivity contribution in [3.63, 3.8) is 0 Å². The van der Waals surface area contributed by atoms with E-state index < -0.39 is 0 Å². The number of nitrogens with one attached hydrogen (secondary N) is 2. The van der Waals surface area contributed by atoms with E-state index in [-0.39, 0.29) is 30.3 Å². The highest BCUT2D eigenvalue weighted by atomic mass is 35.5. The maximum absolute atomic E-state index is 11.7. The molecule has 1 aromatic carbocycles. The summed E-state index contributed by atoms with van der Waals surface area (Å²) >= 11 is 0. The van der Waals surface area contributed by atoms with Crippen LogP contribution in [-0.4, -0.2) is 31.6 Å².